The molecule has 0 spiro atoms. The SMILES string of the molecule is O=S(=O)(Cl)c1ccc(Cl)c(Cl)c1.O=S(=O)(Cl)c1ccc(F)c(F)c1. The highest BCUT2D eigenvalue weighted by molar-refractivity contribution is 8.14. The molecule has 0 aromatic heterocycles. The predicted molar refractivity (Wildman–Crippen MR) is 88.9 cm³/mol. The van der Waals surface area contributed by atoms with E-state index in [-0.39, 0.29) is 9.92 Å². The smallest absolute Gasteiger partial charge is 0.207 e. The molecular weight excluding hydrogens is 452 g/mol. The quantitative estimate of drug-likeness (QED) is 0.606. The van der Waals surface area contributed by atoms with Crippen molar-refractivity contribution in [3.8, 4) is 0 Å². The van der Waals surface area contributed by atoms with E-state index in [0.29, 0.717) is 17.2 Å². The molecule has 24 heavy (non-hydrogen) atoms. The van der Waals surface area contributed by atoms with Crippen molar-refractivity contribution in [1.29, 1.82) is 0 Å². The highest BCUT2D eigenvalue weighted by Gasteiger charge is 2.12. The molecule has 0 bridgehead atoms. The molecule has 4 nitrogen and oxygen atoms in total. The fourth-order valence-electron chi connectivity index (χ4n) is 1.26. The summed E-state index contributed by atoms with van der Waals surface area (Å²) >= 11 is 11.1. The first-order chi connectivity index (χ1) is 10.8. The number of benzene rings is 2. The summed E-state index contributed by atoms with van der Waals surface area (Å²) < 4.78 is 67.4. The van der Waals surface area contributed by atoms with Gasteiger partial charge in [0, 0.05) is 21.4 Å². The minimum atomic E-state index is -3.98. The Morgan fingerprint density at radius 2 is 1.12 bits per heavy atom. The second kappa shape index (κ2) is 8.16. The number of rotatable bonds is 2. The van der Waals surface area contributed by atoms with Crippen molar-refractivity contribution >= 4 is 62.7 Å². The summed E-state index contributed by atoms with van der Waals surface area (Å²) in [5.74, 6) is -2.35. The first-order valence-electron chi connectivity index (χ1n) is 5.62. The average molecular weight is 458 g/mol. The van der Waals surface area contributed by atoms with Gasteiger partial charge in [-0.2, -0.15) is 0 Å². The van der Waals surface area contributed by atoms with Gasteiger partial charge in [-0.15, -0.1) is 0 Å². The molecule has 12 heteroatoms. The maximum Gasteiger partial charge on any atom is 0.261 e. The van der Waals surface area contributed by atoms with E-state index in [9.17, 15) is 25.6 Å². The summed E-state index contributed by atoms with van der Waals surface area (Å²) in [7, 11) is 2.23. The molecule has 0 N–H and O–H groups in total. The highest BCUT2D eigenvalue weighted by Crippen LogP contribution is 2.26. The molecule has 0 aliphatic rings. The van der Waals surface area contributed by atoms with Gasteiger partial charge in [-0.1, -0.05) is 23.2 Å². The van der Waals surface area contributed by atoms with Gasteiger partial charge in [0.2, 0.25) is 0 Å². The second-order valence-electron chi connectivity index (χ2n) is 4.03. The summed E-state index contributed by atoms with van der Waals surface area (Å²) in [5.41, 5.74) is 0. The molecule has 2 aromatic carbocycles. The van der Waals surface area contributed by atoms with E-state index in [0.717, 1.165) is 6.07 Å². The molecule has 0 radical (unpaired) electrons. The lowest BCUT2D eigenvalue weighted by Crippen LogP contribution is -1.93. The van der Waals surface area contributed by atoms with Gasteiger partial charge in [0.1, 0.15) is 0 Å². The van der Waals surface area contributed by atoms with Crippen LogP contribution < -0.4 is 0 Å². The van der Waals surface area contributed by atoms with Gasteiger partial charge in [0.15, 0.2) is 11.6 Å². The zero-order valence-electron chi connectivity index (χ0n) is 11.2. The minimum absolute atomic E-state index is 0.0569. The van der Waals surface area contributed by atoms with Crippen LogP contribution in [0.25, 0.3) is 0 Å². The van der Waals surface area contributed by atoms with E-state index in [1.54, 1.807) is 0 Å². The third-order valence-corrected chi connectivity index (χ3v) is 5.79. The molecule has 0 saturated carbocycles. The molecular formula is C12H6Cl4F2O4S2. The molecule has 0 heterocycles. The molecule has 0 unspecified atom stereocenters. The van der Waals surface area contributed by atoms with E-state index >= 15 is 0 Å². The highest BCUT2D eigenvalue weighted by atomic mass is 35.7. The zero-order valence-corrected chi connectivity index (χ0v) is 15.8. The van der Waals surface area contributed by atoms with Crippen molar-refractivity contribution in [3.63, 3.8) is 0 Å². The van der Waals surface area contributed by atoms with Crippen LogP contribution in [0.1, 0.15) is 0 Å². The van der Waals surface area contributed by atoms with Crippen LogP contribution in [0.2, 0.25) is 10.0 Å². The van der Waals surface area contributed by atoms with Gasteiger partial charge in [-0.3, -0.25) is 0 Å². The van der Waals surface area contributed by atoms with Crippen LogP contribution in [0.5, 0.6) is 0 Å². The van der Waals surface area contributed by atoms with Gasteiger partial charge in [0.25, 0.3) is 18.1 Å². The van der Waals surface area contributed by atoms with Crippen LogP contribution in [-0.4, -0.2) is 16.8 Å². The summed E-state index contributed by atoms with van der Waals surface area (Å²) in [4.78, 5) is -0.512. The van der Waals surface area contributed by atoms with Crippen molar-refractivity contribution in [1.82, 2.24) is 0 Å². The second-order valence-corrected chi connectivity index (χ2v) is 9.97. The Morgan fingerprint density at radius 3 is 1.54 bits per heavy atom. The predicted octanol–water partition coefficient (Wildman–Crippen LogP) is 4.81. The Bertz CT molecular complexity index is 884. The van der Waals surface area contributed by atoms with Crippen molar-refractivity contribution < 1.29 is 25.6 Å². The van der Waals surface area contributed by atoms with Crippen LogP contribution >= 0.6 is 44.6 Å². The van der Waals surface area contributed by atoms with Crippen molar-refractivity contribution in [2.45, 2.75) is 9.79 Å². The Hall–Kier alpha value is -0.640. The molecule has 2 rings (SSSR count). The van der Waals surface area contributed by atoms with Crippen LogP contribution in [0.15, 0.2) is 46.2 Å². The largest absolute Gasteiger partial charge is 0.261 e. The molecule has 0 amide bonds. The maximum atomic E-state index is 12.4. The van der Waals surface area contributed by atoms with Crippen LogP contribution in [0, 0.1) is 11.6 Å². The van der Waals surface area contributed by atoms with E-state index < -0.39 is 34.6 Å². The number of hydrogen-bond donors (Lipinski definition) is 0. The molecule has 0 atom stereocenters. The fourth-order valence-corrected chi connectivity index (χ4v) is 3.16. The van der Waals surface area contributed by atoms with E-state index in [1.165, 1.54) is 18.2 Å². The van der Waals surface area contributed by atoms with Crippen molar-refractivity contribution in [3.05, 3.63) is 58.1 Å². The lowest BCUT2D eigenvalue weighted by Gasteiger charge is -1.97. The molecule has 0 fully saturated rings. The van der Waals surface area contributed by atoms with E-state index in [1.807, 2.05) is 0 Å². The monoisotopic (exact) mass is 456 g/mol. The summed E-state index contributed by atoms with van der Waals surface area (Å²) in [6.45, 7) is 0. The van der Waals surface area contributed by atoms with Gasteiger partial charge in [-0.25, -0.2) is 25.6 Å². The van der Waals surface area contributed by atoms with Gasteiger partial charge in [0.05, 0.1) is 19.8 Å². The van der Waals surface area contributed by atoms with Gasteiger partial charge >= 0.3 is 0 Å². The third-order valence-electron chi connectivity index (χ3n) is 2.35. The number of hydrogen-bond acceptors (Lipinski definition) is 4. The lowest BCUT2D eigenvalue weighted by atomic mass is 10.3. The first-order valence-corrected chi connectivity index (χ1v) is 11.0. The normalized spacial score (nSPS) is 11.6. The first kappa shape index (κ1) is 21.4. The molecule has 0 saturated heterocycles. The summed E-state index contributed by atoms with van der Waals surface area (Å²) in [6.07, 6.45) is 0. The minimum Gasteiger partial charge on any atom is -0.207 e. The third kappa shape index (κ3) is 6.34. The summed E-state index contributed by atoms with van der Waals surface area (Å²) in [5, 5.41) is 0.458. The van der Waals surface area contributed by atoms with Crippen LogP contribution in [-0.2, 0) is 18.1 Å². The Balaban J connectivity index is 0.000000240. The van der Waals surface area contributed by atoms with E-state index in [2.05, 4.69) is 0 Å². The van der Waals surface area contributed by atoms with Crippen molar-refractivity contribution in [2.75, 3.05) is 0 Å². The maximum absolute atomic E-state index is 12.4. The zero-order chi connectivity index (χ0) is 18.7. The molecule has 132 valence electrons. The Kier molecular flexibility index (Phi) is 7.28. The molecule has 2 aromatic rings. The average Bonchev–Trinajstić information content (AvgIpc) is 2.43. The fraction of sp³-hybridized carbons (Fsp3) is 0. The topological polar surface area (TPSA) is 68.3 Å². The standard InChI is InChI=1S/C6H3Cl3O2S.C6H3ClF2O2S/c7-5-2-1-4(3-6(5)8)12(9,10)11;7-12(10,11)4-1-2-5(8)6(9)3-4/h2*1-3H. The number of halogens is 6. The van der Waals surface area contributed by atoms with Crippen molar-refractivity contribution in [2.24, 2.45) is 0 Å². The summed E-state index contributed by atoms with van der Waals surface area (Å²) in [6, 6.07) is 5.98. The Labute approximate surface area is 155 Å². The van der Waals surface area contributed by atoms with Gasteiger partial charge in [-0.05, 0) is 36.4 Å². The molecule has 0 aliphatic carbocycles. The van der Waals surface area contributed by atoms with Crippen LogP contribution in [0.3, 0.4) is 0 Å². The van der Waals surface area contributed by atoms with Crippen LogP contribution in [0.4, 0.5) is 8.78 Å². The van der Waals surface area contributed by atoms with E-state index in [4.69, 9.17) is 44.6 Å². The van der Waals surface area contributed by atoms with Gasteiger partial charge < -0.3 is 0 Å². The lowest BCUT2D eigenvalue weighted by molar-refractivity contribution is 0.505. The molecule has 0 aliphatic heterocycles. The Morgan fingerprint density at radius 1 is 0.667 bits per heavy atom.